The quantitative estimate of drug-likeness (QED) is 0.0203. The summed E-state index contributed by atoms with van der Waals surface area (Å²) in [6.07, 6.45) is 126. The molecule has 0 aliphatic heterocycles. The van der Waals surface area contributed by atoms with E-state index in [9.17, 15) is 0 Å². The van der Waals surface area contributed by atoms with Crippen molar-refractivity contribution in [1.82, 2.24) is 21.3 Å². The van der Waals surface area contributed by atoms with Crippen molar-refractivity contribution in [2.45, 2.75) is 620 Å². The second-order valence-electron chi connectivity index (χ2n) is 37.7. The predicted octanol–water partition coefficient (Wildman–Crippen LogP) is 38.6. The fourth-order valence-electron chi connectivity index (χ4n) is 17.8. The normalized spacial score (nSPS) is 12.1. The number of rotatable bonds is 96. The molecule has 0 fully saturated rings. The summed E-state index contributed by atoms with van der Waals surface area (Å²) in [6.45, 7) is 22.6. The van der Waals surface area contributed by atoms with E-state index in [0.717, 1.165) is 49.9 Å². The van der Waals surface area contributed by atoms with Gasteiger partial charge < -0.3 is 121 Å². The average Bonchev–Trinajstić information content (AvgIpc) is 1.03. The first-order chi connectivity index (χ1) is 58.8. The van der Waals surface area contributed by atoms with Crippen molar-refractivity contribution in [1.29, 1.82) is 0 Å². The fraction of sp³-hybridized carbons (Fsp3) is 0.963. The summed E-state index contributed by atoms with van der Waals surface area (Å²) in [6, 6.07) is 0. The van der Waals surface area contributed by atoms with Gasteiger partial charge in [0.2, 0.25) is 0 Å². The van der Waals surface area contributed by atoms with E-state index in [1.807, 2.05) is 0 Å². The third-order valence-electron chi connectivity index (χ3n) is 26.4. The Bertz CT molecular complexity index is 1660. The number of nitrogens with one attached hydrogen (secondary N) is 4. The Kier molecular flexibility index (Phi) is 129. The molecule has 0 spiro atoms. The molecular weight excluding hydrogens is 1710 g/mol. The average molecular weight is 1920 g/mol. The number of unbranched alkanes of at least 4 members (excludes halogenated alkanes) is 68. The fourth-order valence-corrected chi connectivity index (χ4v) is 18.6. The first-order valence-electron chi connectivity index (χ1n) is 54.6. The van der Waals surface area contributed by atoms with Crippen LogP contribution in [0.15, 0.2) is 0 Å². The zero-order valence-electron chi connectivity index (χ0n) is 83.0. The van der Waals surface area contributed by atoms with Crippen LogP contribution in [0.3, 0.4) is 0 Å². The van der Waals surface area contributed by atoms with Crippen LogP contribution in [-0.4, -0.2) is 43.5 Å². The molecule has 0 radical (unpaired) electrons. The molecule has 4 N–H and O–H groups in total. The van der Waals surface area contributed by atoms with E-state index in [4.69, 9.17) is 99.4 Å². The molecule has 0 bridgehead atoms. The molecule has 722 valence electrons. The Hall–Kier alpha value is 1.13. The zero-order chi connectivity index (χ0) is 88.5. The van der Waals surface area contributed by atoms with Crippen molar-refractivity contribution in [3.05, 3.63) is 0 Å². The maximum atomic E-state index is 4.84. The number of hydrogen-bond donors (Lipinski definition) is 4. The first-order valence-corrected chi connectivity index (χ1v) is 57.9. The molecule has 4 unspecified atom stereocenters. The second kappa shape index (κ2) is 119. The second-order valence-corrected chi connectivity index (χ2v) is 42.0. The van der Waals surface area contributed by atoms with Crippen LogP contribution in [0.4, 0.5) is 0 Å². The van der Waals surface area contributed by atoms with Crippen molar-refractivity contribution >= 4 is 117 Å². The van der Waals surface area contributed by atoms with Gasteiger partial charge >= 0.3 is 21.1 Å². The van der Waals surface area contributed by atoms with Crippen LogP contribution in [0.1, 0.15) is 620 Å². The van der Waals surface area contributed by atoms with E-state index in [-0.39, 0.29) is 21.1 Å². The molecule has 0 aliphatic rings. The smallest absolute Gasteiger partial charge is 0.412 e. The molecule has 0 aromatic heterocycles. The molecule has 0 amide bonds. The third kappa shape index (κ3) is 125. The largest absolute Gasteiger partial charge is 4.00 e. The summed E-state index contributed by atoms with van der Waals surface area (Å²) in [7, 11) is 0. The van der Waals surface area contributed by atoms with Gasteiger partial charge in [-0.2, -0.15) is 0 Å². The molecule has 4 nitrogen and oxygen atoms in total. The van der Waals surface area contributed by atoms with E-state index in [0.29, 0.717) is 17.3 Å². The van der Waals surface area contributed by atoms with Gasteiger partial charge in [-0.3, -0.25) is 0 Å². The first kappa shape index (κ1) is 131. The van der Waals surface area contributed by atoms with Gasteiger partial charge in [0.05, 0.1) is 0 Å². The van der Waals surface area contributed by atoms with Crippen molar-refractivity contribution in [2.75, 3.05) is 26.2 Å². The summed E-state index contributed by atoms with van der Waals surface area (Å²) in [5, 5.41) is 12.2. The van der Waals surface area contributed by atoms with Gasteiger partial charge in [0.15, 0.2) is 0 Å². The van der Waals surface area contributed by atoms with E-state index in [1.54, 1.807) is 0 Å². The van der Waals surface area contributed by atoms with Crippen molar-refractivity contribution in [2.24, 2.45) is 23.7 Å². The summed E-state index contributed by atoms with van der Waals surface area (Å²) in [4.78, 5) is 0. The van der Waals surface area contributed by atoms with Crippen LogP contribution in [0, 0.1) is 23.7 Å². The minimum atomic E-state index is 0. The van der Waals surface area contributed by atoms with E-state index >= 15 is 0 Å². The maximum Gasteiger partial charge on any atom is 4.00 e. The van der Waals surface area contributed by atoms with Crippen LogP contribution in [0.5, 0.6) is 0 Å². The van der Waals surface area contributed by atoms with E-state index in [2.05, 4.69) is 76.7 Å². The van der Waals surface area contributed by atoms with E-state index < -0.39 is 0 Å². The molecule has 0 heterocycles. The van der Waals surface area contributed by atoms with Gasteiger partial charge in [-0.05, 0) is 49.4 Å². The van der Waals surface area contributed by atoms with E-state index in [1.165, 1.54) is 565 Å². The summed E-state index contributed by atoms with van der Waals surface area (Å²) >= 11 is 38.7. The molecule has 0 rings (SSSR count). The standard InChI is InChI=1S/4C27H55NS2.Mo/c4*1-3-5-23-26(4-2)24-21-19-17-15-13-11-9-7-6-8-10-12-14-16-18-20-22-25-28-27(29)30;/h4*26H,3-25H2,1-2H3,(H2,28,29,30);/q;;;;+4/p-4. The number of hydrogen-bond acceptors (Lipinski definition) is 8. The minimum absolute atomic E-state index is 0. The van der Waals surface area contributed by atoms with Crippen molar-refractivity contribution in [3.8, 4) is 0 Å². The Labute approximate surface area is 821 Å². The predicted molar refractivity (Wildman–Crippen MR) is 578 cm³/mol. The van der Waals surface area contributed by atoms with Crippen LogP contribution >= 0.6 is 48.9 Å². The van der Waals surface area contributed by atoms with Crippen LogP contribution in [0.2, 0.25) is 0 Å². The van der Waals surface area contributed by atoms with Gasteiger partial charge in [-0.1, -0.05) is 612 Å². The van der Waals surface area contributed by atoms with Crippen molar-refractivity contribution < 1.29 is 21.1 Å². The molecule has 0 saturated heterocycles. The molecule has 0 saturated carbocycles. The Balaban J connectivity index is -0.000000493. The van der Waals surface area contributed by atoms with Gasteiger partial charge in [0, 0.05) is 26.2 Å². The SMILES string of the molecule is CCCCC(CC)CCCCCCCCCCCCCCCCCCCNC(=S)[S-].CCCCC(CC)CCCCCCCCCCCCCCCCCCCNC(=S)[S-].CCCCC(CC)CCCCCCCCCCCCCCCCCCCNC(=S)[S-].CCCCC(CC)CCCCCCCCCCCCCCCCCCCNC(=S)[S-].[Mo+4]. The van der Waals surface area contributed by atoms with Gasteiger partial charge in [0.25, 0.3) is 0 Å². The molecule has 0 aromatic rings. The topological polar surface area (TPSA) is 48.1 Å². The third-order valence-corrected chi connectivity index (χ3v) is 27.6. The molecular formula is C108H216MoN4S8. The molecule has 0 aromatic carbocycles. The van der Waals surface area contributed by atoms with Crippen LogP contribution < -0.4 is 21.3 Å². The van der Waals surface area contributed by atoms with Gasteiger partial charge in [-0.25, -0.2) is 0 Å². The number of thiocarbonyl (C=S) groups is 4. The Morgan fingerprint density at radius 2 is 0.248 bits per heavy atom. The molecule has 121 heavy (non-hydrogen) atoms. The van der Waals surface area contributed by atoms with Crippen LogP contribution in [0.25, 0.3) is 0 Å². The minimum Gasteiger partial charge on any atom is -0.412 e. The maximum absolute atomic E-state index is 4.84. The zero-order valence-corrected chi connectivity index (χ0v) is 91.6. The van der Waals surface area contributed by atoms with Gasteiger partial charge in [-0.15, -0.1) is 0 Å². The van der Waals surface area contributed by atoms with Crippen LogP contribution in [-0.2, 0) is 71.6 Å². The molecule has 13 heteroatoms. The Morgan fingerprint density at radius 1 is 0.157 bits per heavy atom. The Morgan fingerprint density at radius 3 is 0.339 bits per heavy atom. The summed E-state index contributed by atoms with van der Waals surface area (Å²) in [5.74, 6) is 4.04. The van der Waals surface area contributed by atoms with Gasteiger partial charge in [0.1, 0.15) is 0 Å². The van der Waals surface area contributed by atoms with Crippen molar-refractivity contribution in [3.63, 3.8) is 0 Å². The molecule has 0 aliphatic carbocycles. The summed E-state index contributed by atoms with van der Waals surface area (Å²) in [5.41, 5.74) is 0. The monoisotopic (exact) mass is 1920 g/mol. The molecule has 4 atom stereocenters. The summed E-state index contributed by atoms with van der Waals surface area (Å²) < 4.78 is 2.07.